The van der Waals surface area contributed by atoms with Gasteiger partial charge in [-0.15, -0.1) is 12.4 Å². The van der Waals surface area contributed by atoms with Gasteiger partial charge in [-0.3, -0.25) is 4.79 Å². The van der Waals surface area contributed by atoms with E-state index in [4.69, 9.17) is 5.73 Å². The van der Waals surface area contributed by atoms with Crippen LogP contribution < -0.4 is 11.1 Å². The predicted octanol–water partition coefficient (Wildman–Crippen LogP) is 2.07. The second-order valence-electron chi connectivity index (χ2n) is 5.50. The summed E-state index contributed by atoms with van der Waals surface area (Å²) < 4.78 is 23.2. The van der Waals surface area contributed by atoms with Gasteiger partial charge in [-0.1, -0.05) is 19.9 Å². The Bertz CT molecular complexity index is 626. The minimum absolute atomic E-state index is 0. The molecule has 1 rings (SSSR count). The highest BCUT2D eigenvalue weighted by Gasteiger charge is 2.22. The topological polar surface area (TPSA) is 89.3 Å². The highest BCUT2D eigenvalue weighted by molar-refractivity contribution is 7.90. The molecule has 0 aliphatic rings. The van der Waals surface area contributed by atoms with Crippen LogP contribution in [0.5, 0.6) is 0 Å². The van der Waals surface area contributed by atoms with E-state index in [0.717, 1.165) is 24.7 Å². The second kappa shape index (κ2) is 7.94. The second-order valence-corrected chi connectivity index (χ2v) is 7.52. The third-order valence-electron chi connectivity index (χ3n) is 3.89. The number of rotatable bonds is 6. The van der Waals surface area contributed by atoms with Gasteiger partial charge in [-0.2, -0.15) is 0 Å². The Labute approximate surface area is 139 Å². The van der Waals surface area contributed by atoms with Gasteiger partial charge in [-0.05, 0) is 37.5 Å². The highest BCUT2D eigenvalue weighted by atomic mass is 35.5. The number of hydrogen-bond acceptors (Lipinski definition) is 4. The zero-order valence-corrected chi connectivity index (χ0v) is 15.1. The number of carbonyl (C=O) groups is 1. The Morgan fingerprint density at radius 1 is 1.27 bits per heavy atom. The van der Waals surface area contributed by atoms with Crippen LogP contribution >= 0.6 is 12.4 Å². The van der Waals surface area contributed by atoms with E-state index in [0.29, 0.717) is 12.1 Å². The zero-order chi connectivity index (χ0) is 16.3. The lowest BCUT2D eigenvalue weighted by molar-refractivity contribution is 0.0941. The van der Waals surface area contributed by atoms with E-state index in [1.807, 2.05) is 13.8 Å². The van der Waals surface area contributed by atoms with E-state index in [2.05, 4.69) is 5.32 Å². The molecule has 0 saturated carbocycles. The number of carbonyl (C=O) groups excluding carboxylic acids is 1. The van der Waals surface area contributed by atoms with Crippen LogP contribution in [0.1, 0.15) is 42.6 Å². The summed E-state index contributed by atoms with van der Waals surface area (Å²) in [6.07, 6.45) is 2.64. The first kappa shape index (κ1) is 20.9. The Balaban J connectivity index is 0.00000441. The van der Waals surface area contributed by atoms with Gasteiger partial charge in [0.05, 0.1) is 4.90 Å². The van der Waals surface area contributed by atoms with E-state index < -0.39 is 15.4 Å². The molecule has 0 atom stereocenters. The monoisotopic (exact) mass is 348 g/mol. The van der Waals surface area contributed by atoms with Crippen molar-refractivity contribution in [2.45, 2.75) is 44.0 Å². The van der Waals surface area contributed by atoms with Crippen LogP contribution in [0.3, 0.4) is 0 Å². The molecule has 0 unspecified atom stereocenters. The number of amides is 1. The number of nitrogens with two attached hydrogens (primary N) is 1. The van der Waals surface area contributed by atoms with E-state index in [1.165, 1.54) is 12.1 Å². The fourth-order valence-corrected chi connectivity index (χ4v) is 2.58. The van der Waals surface area contributed by atoms with Crippen LogP contribution in [0.15, 0.2) is 23.1 Å². The average Bonchev–Trinajstić information content (AvgIpc) is 2.43. The molecule has 0 saturated heterocycles. The van der Waals surface area contributed by atoms with Gasteiger partial charge in [-0.25, -0.2) is 8.42 Å². The quantitative estimate of drug-likeness (QED) is 0.823. The molecular weight excluding hydrogens is 324 g/mol. The summed E-state index contributed by atoms with van der Waals surface area (Å²) in [5.74, 6) is -0.297. The van der Waals surface area contributed by atoms with Crippen molar-refractivity contribution in [2.24, 2.45) is 5.73 Å². The number of nitrogens with one attached hydrogen (secondary N) is 1. The van der Waals surface area contributed by atoms with Crippen LogP contribution in [0.2, 0.25) is 0 Å². The molecule has 1 aromatic carbocycles. The minimum Gasteiger partial charge on any atom is -0.350 e. The van der Waals surface area contributed by atoms with Gasteiger partial charge in [0, 0.05) is 23.9 Å². The summed E-state index contributed by atoms with van der Waals surface area (Å²) in [4.78, 5) is 12.4. The molecule has 3 N–H and O–H groups in total. The molecule has 0 bridgehead atoms. The van der Waals surface area contributed by atoms with Gasteiger partial charge in [0.2, 0.25) is 0 Å². The van der Waals surface area contributed by atoms with Crippen LogP contribution in [0.25, 0.3) is 0 Å². The fraction of sp³-hybridized carbons (Fsp3) is 0.533. The van der Waals surface area contributed by atoms with Crippen molar-refractivity contribution in [3.63, 3.8) is 0 Å². The zero-order valence-electron chi connectivity index (χ0n) is 13.5. The molecule has 22 heavy (non-hydrogen) atoms. The molecule has 0 aromatic heterocycles. The molecule has 126 valence electrons. The minimum atomic E-state index is -3.33. The van der Waals surface area contributed by atoms with Gasteiger partial charge < -0.3 is 11.1 Å². The summed E-state index contributed by atoms with van der Waals surface area (Å²) in [6, 6.07) is 4.56. The lowest BCUT2D eigenvalue weighted by Crippen LogP contribution is -2.49. The summed E-state index contributed by atoms with van der Waals surface area (Å²) >= 11 is 0. The van der Waals surface area contributed by atoms with Crippen molar-refractivity contribution >= 4 is 28.2 Å². The van der Waals surface area contributed by atoms with Gasteiger partial charge >= 0.3 is 0 Å². The van der Waals surface area contributed by atoms with Crippen molar-refractivity contribution in [3.8, 4) is 0 Å². The van der Waals surface area contributed by atoms with Crippen molar-refractivity contribution in [3.05, 3.63) is 29.3 Å². The summed E-state index contributed by atoms with van der Waals surface area (Å²) in [5.41, 5.74) is 6.82. The predicted molar refractivity (Wildman–Crippen MR) is 91.4 cm³/mol. The van der Waals surface area contributed by atoms with Crippen LogP contribution in [-0.2, 0) is 9.84 Å². The molecule has 1 amide bonds. The molecule has 1 aromatic rings. The molecule has 7 heteroatoms. The third-order valence-corrected chi connectivity index (χ3v) is 5.00. The Morgan fingerprint density at radius 3 is 2.27 bits per heavy atom. The first-order chi connectivity index (χ1) is 9.63. The summed E-state index contributed by atoms with van der Waals surface area (Å²) in [5, 5.41) is 2.80. The number of benzene rings is 1. The first-order valence-corrected chi connectivity index (χ1v) is 8.90. The van der Waals surface area contributed by atoms with Crippen LogP contribution in [0.4, 0.5) is 0 Å². The molecule has 0 radical (unpaired) electrons. The maximum Gasteiger partial charge on any atom is 0.251 e. The Hall–Kier alpha value is -1.11. The van der Waals surface area contributed by atoms with Gasteiger partial charge in [0.15, 0.2) is 9.84 Å². The number of halogens is 1. The average molecular weight is 349 g/mol. The number of hydrogen-bond donors (Lipinski definition) is 2. The van der Waals surface area contributed by atoms with Crippen molar-refractivity contribution in [2.75, 3.05) is 12.8 Å². The largest absolute Gasteiger partial charge is 0.350 e. The molecule has 0 aliphatic heterocycles. The molecule has 0 heterocycles. The summed E-state index contributed by atoms with van der Waals surface area (Å²) in [7, 11) is -3.33. The lowest BCUT2D eigenvalue weighted by Gasteiger charge is -2.27. The molecular formula is C15H25ClN2O3S. The molecule has 0 fully saturated rings. The van der Waals surface area contributed by atoms with Crippen molar-refractivity contribution in [1.82, 2.24) is 5.32 Å². The summed E-state index contributed by atoms with van der Waals surface area (Å²) in [6.45, 7) is 6.09. The Morgan fingerprint density at radius 2 is 1.82 bits per heavy atom. The van der Waals surface area contributed by atoms with E-state index in [9.17, 15) is 13.2 Å². The maximum atomic E-state index is 12.3. The number of aryl methyl sites for hydroxylation is 1. The lowest BCUT2D eigenvalue weighted by atomic mass is 9.94. The smallest absolute Gasteiger partial charge is 0.251 e. The maximum absolute atomic E-state index is 12.3. The molecule has 5 nitrogen and oxygen atoms in total. The fourth-order valence-electron chi connectivity index (χ4n) is 1.93. The highest BCUT2D eigenvalue weighted by Crippen LogP contribution is 2.16. The Kier molecular flexibility index (Phi) is 7.54. The molecule has 0 aliphatic carbocycles. The van der Waals surface area contributed by atoms with Crippen LogP contribution in [-0.4, -0.2) is 32.7 Å². The first-order valence-electron chi connectivity index (χ1n) is 7.00. The van der Waals surface area contributed by atoms with Crippen molar-refractivity contribution < 1.29 is 13.2 Å². The SMILES string of the molecule is CCC(N)(CC)CNC(=O)c1cc(S(C)(=O)=O)ccc1C.Cl. The van der Waals surface area contributed by atoms with Gasteiger partial charge in [0.1, 0.15) is 0 Å². The van der Waals surface area contributed by atoms with E-state index in [1.54, 1.807) is 13.0 Å². The van der Waals surface area contributed by atoms with E-state index in [-0.39, 0.29) is 23.2 Å². The third kappa shape index (κ3) is 5.26. The number of sulfone groups is 1. The molecule has 0 spiro atoms. The normalized spacial score (nSPS) is 11.7. The van der Waals surface area contributed by atoms with Crippen LogP contribution in [0, 0.1) is 6.92 Å². The van der Waals surface area contributed by atoms with Gasteiger partial charge in [0.25, 0.3) is 5.91 Å². The van der Waals surface area contributed by atoms with E-state index >= 15 is 0 Å². The van der Waals surface area contributed by atoms with Crippen molar-refractivity contribution in [1.29, 1.82) is 0 Å². The standard InChI is InChI=1S/C15H24N2O3S.ClH/c1-5-15(16,6-2)10-17-14(18)13-9-12(21(4,19)20)8-7-11(13)3;/h7-9H,5-6,10,16H2,1-4H3,(H,17,18);1H.